The van der Waals surface area contributed by atoms with Crippen LogP contribution in [0.4, 0.5) is 20.3 Å². The van der Waals surface area contributed by atoms with Gasteiger partial charge in [-0.1, -0.05) is 12.8 Å². The van der Waals surface area contributed by atoms with E-state index in [1.165, 1.54) is 20.0 Å². The SMILES string of the molecule is COc1ccc(Nc2cc(F)nc(F)c2)nc1C(=O)NC1CCC12CCCC2. The van der Waals surface area contributed by atoms with Crippen molar-refractivity contribution in [3.63, 3.8) is 0 Å². The summed E-state index contributed by atoms with van der Waals surface area (Å²) in [6.07, 6.45) is 6.87. The minimum absolute atomic E-state index is 0.141. The largest absolute Gasteiger partial charge is 0.494 e. The molecule has 2 heterocycles. The topological polar surface area (TPSA) is 76.1 Å². The maximum Gasteiger partial charge on any atom is 0.274 e. The molecule has 1 unspecified atom stereocenters. The van der Waals surface area contributed by atoms with Crippen molar-refractivity contribution < 1.29 is 18.3 Å². The summed E-state index contributed by atoms with van der Waals surface area (Å²) in [5.74, 6) is -1.57. The van der Waals surface area contributed by atoms with Crippen LogP contribution in [0.15, 0.2) is 24.3 Å². The average Bonchev–Trinajstić information content (AvgIpc) is 3.17. The average molecular weight is 388 g/mol. The number of aromatic nitrogens is 2. The predicted molar refractivity (Wildman–Crippen MR) is 99.6 cm³/mol. The molecule has 0 saturated heterocycles. The van der Waals surface area contributed by atoms with Gasteiger partial charge in [-0.05, 0) is 43.2 Å². The third-order valence-electron chi connectivity index (χ3n) is 5.90. The quantitative estimate of drug-likeness (QED) is 0.759. The van der Waals surface area contributed by atoms with Crippen molar-refractivity contribution >= 4 is 17.4 Å². The minimum atomic E-state index is -0.944. The first-order valence-electron chi connectivity index (χ1n) is 9.45. The van der Waals surface area contributed by atoms with Gasteiger partial charge in [-0.15, -0.1) is 0 Å². The molecule has 0 radical (unpaired) electrons. The molecule has 1 atom stereocenters. The second-order valence-corrected chi connectivity index (χ2v) is 7.51. The Labute approximate surface area is 161 Å². The lowest BCUT2D eigenvalue weighted by Crippen LogP contribution is -2.54. The number of anilines is 2. The monoisotopic (exact) mass is 388 g/mol. The van der Waals surface area contributed by atoms with Crippen LogP contribution < -0.4 is 15.4 Å². The molecule has 0 bridgehead atoms. The number of carbonyl (C=O) groups is 1. The number of methoxy groups -OCH3 is 1. The summed E-state index contributed by atoms with van der Waals surface area (Å²) in [4.78, 5) is 20.2. The van der Waals surface area contributed by atoms with Gasteiger partial charge in [0.2, 0.25) is 11.9 Å². The molecule has 2 aliphatic rings. The molecule has 2 aliphatic carbocycles. The highest BCUT2D eigenvalue weighted by atomic mass is 19.1. The number of carbonyl (C=O) groups excluding carboxylic acids is 1. The van der Waals surface area contributed by atoms with Gasteiger partial charge in [0, 0.05) is 23.9 Å². The molecule has 1 amide bonds. The zero-order chi connectivity index (χ0) is 19.7. The van der Waals surface area contributed by atoms with E-state index in [2.05, 4.69) is 20.6 Å². The normalized spacial score (nSPS) is 19.9. The molecule has 1 spiro atoms. The van der Waals surface area contributed by atoms with Gasteiger partial charge in [0.1, 0.15) is 11.6 Å². The van der Waals surface area contributed by atoms with Gasteiger partial charge >= 0.3 is 0 Å². The van der Waals surface area contributed by atoms with Crippen LogP contribution in [-0.2, 0) is 0 Å². The molecule has 148 valence electrons. The first-order valence-corrected chi connectivity index (χ1v) is 9.45. The van der Waals surface area contributed by atoms with E-state index in [0.717, 1.165) is 37.8 Å². The van der Waals surface area contributed by atoms with Gasteiger partial charge in [0.25, 0.3) is 5.91 Å². The summed E-state index contributed by atoms with van der Waals surface area (Å²) >= 11 is 0. The Morgan fingerprint density at radius 1 is 1.14 bits per heavy atom. The van der Waals surface area contributed by atoms with Crippen LogP contribution in [0.25, 0.3) is 0 Å². The Morgan fingerprint density at radius 2 is 1.86 bits per heavy atom. The molecule has 2 fully saturated rings. The Bertz CT molecular complexity index is 880. The number of amides is 1. The highest BCUT2D eigenvalue weighted by molar-refractivity contribution is 5.95. The third-order valence-corrected chi connectivity index (χ3v) is 5.90. The van der Waals surface area contributed by atoms with E-state index in [1.54, 1.807) is 12.1 Å². The second-order valence-electron chi connectivity index (χ2n) is 7.51. The van der Waals surface area contributed by atoms with E-state index < -0.39 is 11.9 Å². The lowest BCUT2D eigenvalue weighted by atomic mass is 9.63. The summed E-state index contributed by atoms with van der Waals surface area (Å²) in [6, 6.07) is 5.44. The van der Waals surface area contributed by atoms with Crippen LogP contribution in [0.2, 0.25) is 0 Å². The summed E-state index contributed by atoms with van der Waals surface area (Å²) in [6.45, 7) is 0. The summed E-state index contributed by atoms with van der Waals surface area (Å²) in [5.41, 5.74) is 0.533. The van der Waals surface area contributed by atoms with Crippen molar-refractivity contribution in [1.29, 1.82) is 0 Å². The molecule has 0 aromatic carbocycles. The first kappa shape index (κ1) is 18.6. The lowest BCUT2D eigenvalue weighted by Gasteiger charge is -2.47. The first-order chi connectivity index (χ1) is 13.5. The van der Waals surface area contributed by atoms with Crippen molar-refractivity contribution in [2.75, 3.05) is 12.4 Å². The zero-order valence-electron chi connectivity index (χ0n) is 15.6. The van der Waals surface area contributed by atoms with Crippen molar-refractivity contribution in [2.45, 2.75) is 44.6 Å². The third kappa shape index (κ3) is 3.50. The van der Waals surface area contributed by atoms with Crippen LogP contribution in [0, 0.1) is 17.3 Å². The Hall–Kier alpha value is -2.77. The Morgan fingerprint density at radius 3 is 2.46 bits per heavy atom. The smallest absolute Gasteiger partial charge is 0.274 e. The van der Waals surface area contributed by atoms with Gasteiger partial charge in [-0.25, -0.2) is 4.98 Å². The van der Waals surface area contributed by atoms with Crippen LogP contribution in [0.1, 0.15) is 49.0 Å². The Kier molecular flexibility index (Phi) is 4.87. The van der Waals surface area contributed by atoms with E-state index in [4.69, 9.17) is 4.74 Å². The number of hydrogen-bond acceptors (Lipinski definition) is 5. The maximum atomic E-state index is 13.3. The highest BCUT2D eigenvalue weighted by Crippen LogP contribution is 2.53. The number of hydrogen-bond donors (Lipinski definition) is 2. The van der Waals surface area contributed by atoms with Gasteiger partial charge in [-0.3, -0.25) is 4.79 Å². The van der Waals surface area contributed by atoms with E-state index >= 15 is 0 Å². The van der Waals surface area contributed by atoms with Crippen molar-refractivity contribution in [2.24, 2.45) is 5.41 Å². The summed E-state index contributed by atoms with van der Waals surface area (Å²) in [5, 5.41) is 5.91. The minimum Gasteiger partial charge on any atom is -0.494 e. The maximum absolute atomic E-state index is 13.3. The number of rotatable bonds is 5. The molecular weight excluding hydrogens is 366 g/mol. The van der Waals surface area contributed by atoms with Crippen molar-refractivity contribution in [3.8, 4) is 5.75 Å². The van der Waals surface area contributed by atoms with Gasteiger partial charge in [-0.2, -0.15) is 13.8 Å². The second kappa shape index (κ2) is 7.33. The van der Waals surface area contributed by atoms with Crippen molar-refractivity contribution in [3.05, 3.63) is 41.9 Å². The standard InChI is InChI=1S/C20H22F2N4O2/c1-28-13-4-5-17(23-12-10-15(21)25-16(22)11-12)26-18(13)19(27)24-14-6-9-20(14)7-2-3-8-20/h4-5,10-11,14H,2-3,6-9H2,1H3,(H,24,27)(H,23,25,26). The van der Waals surface area contributed by atoms with Gasteiger partial charge < -0.3 is 15.4 Å². The lowest BCUT2D eigenvalue weighted by molar-refractivity contribution is 0.0577. The molecule has 8 heteroatoms. The van der Waals surface area contributed by atoms with Crippen LogP contribution in [0.5, 0.6) is 5.75 Å². The fraction of sp³-hybridized carbons (Fsp3) is 0.450. The molecule has 2 aromatic rings. The van der Waals surface area contributed by atoms with E-state index in [0.29, 0.717) is 5.75 Å². The van der Waals surface area contributed by atoms with Gasteiger partial charge in [0.15, 0.2) is 5.69 Å². The van der Waals surface area contributed by atoms with Crippen molar-refractivity contribution in [1.82, 2.24) is 15.3 Å². The molecule has 4 rings (SSSR count). The number of nitrogens with one attached hydrogen (secondary N) is 2. The molecule has 2 aromatic heterocycles. The van der Waals surface area contributed by atoms with E-state index in [1.807, 2.05) is 0 Å². The van der Waals surface area contributed by atoms with Gasteiger partial charge in [0.05, 0.1) is 7.11 Å². The van der Waals surface area contributed by atoms with Crippen LogP contribution in [-0.4, -0.2) is 29.0 Å². The molecule has 0 aliphatic heterocycles. The summed E-state index contributed by atoms with van der Waals surface area (Å²) in [7, 11) is 1.47. The van der Waals surface area contributed by atoms with E-state index in [-0.39, 0.29) is 34.6 Å². The summed E-state index contributed by atoms with van der Waals surface area (Å²) < 4.78 is 31.9. The number of halogens is 2. The van der Waals surface area contributed by atoms with Crippen LogP contribution >= 0.6 is 0 Å². The molecule has 2 N–H and O–H groups in total. The molecule has 28 heavy (non-hydrogen) atoms. The van der Waals surface area contributed by atoms with E-state index in [9.17, 15) is 13.6 Å². The Balaban J connectivity index is 1.54. The fourth-order valence-electron chi connectivity index (χ4n) is 4.35. The number of nitrogens with zero attached hydrogens (tertiary/aromatic N) is 2. The highest BCUT2D eigenvalue weighted by Gasteiger charge is 2.48. The molecule has 2 saturated carbocycles. The van der Waals surface area contributed by atoms with Crippen LogP contribution in [0.3, 0.4) is 0 Å². The number of ether oxygens (including phenoxy) is 1. The number of pyridine rings is 2. The molecule has 6 nitrogen and oxygen atoms in total. The fourth-order valence-corrected chi connectivity index (χ4v) is 4.35. The zero-order valence-corrected chi connectivity index (χ0v) is 15.6. The molecular formula is C20H22F2N4O2. The predicted octanol–water partition coefficient (Wildman–Crippen LogP) is 3.96.